The lowest BCUT2D eigenvalue weighted by Crippen LogP contribution is -2.19. The van der Waals surface area contributed by atoms with Crippen molar-refractivity contribution in [1.29, 1.82) is 5.26 Å². The molecule has 0 saturated carbocycles. The number of halogens is 1. The van der Waals surface area contributed by atoms with Crippen LogP contribution in [0.3, 0.4) is 0 Å². The van der Waals surface area contributed by atoms with Gasteiger partial charge in [-0.25, -0.2) is 4.79 Å². The van der Waals surface area contributed by atoms with Gasteiger partial charge in [0.2, 0.25) is 6.79 Å². The largest absolute Gasteiger partial charge is 0.466 e. The first-order chi connectivity index (χ1) is 13.0. The molecule has 2 atom stereocenters. The standard InChI is InChI=1S/C21H18BrNO4/c1-12-4-6-14(7-5-12)20(13(2)21(24)25-3)16(10-23)15-8-18-19(9-17(15)22)27-11-26-18/h4-9,16,20H,2,11H2,1,3H3. The van der Waals surface area contributed by atoms with Gasteiger partial charge in [0.15, 0.2) is 11.5 Å². The first-order valence-electron chi connectivity index (χ1n) is 8.28. The van der Waals surface area contributed by atoms with E-state index in [-0.39, 0.29) is 12.4 Å². The fraction of sp³-hybridized carbons (Fsp3) is 0.238. The smallest absolute Gasteiger partial charge is 0.333 e. The number of carbonyl (C=O) groups is 1. The Morgan fingerprint density at radius 1 is 1.26 bits per heavy atom. The number of hydrogen-bond acceptors (Lipinski definition) is 5. The lowest BCUT2D eigenvalue weighted by Gasteiger charge is -2.25. The lowest BCUT2D eigenvalue weighted by molar-refractivity contribution is -0.136. The molecule has 1 aliphatic heterocycles. The molecule has 1 heterocycles. The molecule has 5 nitrogen and oxygen atoms in total. The van der Waals surface area contributed by atoms with Gasteiger partial charge in [-0.05, 0) is 30.2 Å². The van der Waals surface area contributed by atoms with E-state index in [9.17, 15) is 10.1 Å². The predicted molar refractivity (Wildman–Crippen MR) is 104 cm³/mol. The minimum atomic E-state index is -0.678. The first kappa shape index (κ1) is 19.0. The Hall–Kier alpha value is -2.78. The Labute approximate surface area is 166 Å². The van der Waals surface area contributed by atoms with Gasteiger partial charge in [0.05, 0.1) is 19.1 Å². The SMILES string of the molecule is C=C(C(=O)OC)C(c1ccc(C)cc1)C(C#N)c1cc2c(cc1Br)OCO2. The van der Waals surface area contributed by atoms with Crippen molar-refractivity contribution in [2.45, 2.75) is 18.8 Å². The van der Waals surface area contributed by atoms with E-state index in [2.05, 4.69) is 28.6 Å². The normalized spacial score (nSPS) is 14.1. The molecule has 0 radical (unpaired) electrons. The highest BCUT2D eigenvalue weighted by Crippen LogP contribution is 2.45. The fourth-order valence-electron chi connectivity index (χ4n) is 3.12. The van der Waals surface area contributed by atoms with E-state index in [1.165, 1.54) is 7.11 Å². The molecule has 0 fully saturated rings. The molecule has 1 aliphatic rings. The number of hydrogen-bond donors (Lipinski definition) is 0. The Kier molecular flexibility index (Phi) is 5.52. The van der Waals surface area contributed by atoms with Crippen LogP contribution in [-0.2, 0) is 9.53 Å². The number of ether oxygens (including phenoxy) is 3. The molecule has 6 heteroatoms. The summed E-state index contributed by atoms with van der Waals surface area (Å²) in [6.07, 6.45) is 0. The van der Waals surface area contributed by atoms with E-state index in [1.807, 2.05) is 31.2 Å². The van der Waals surface area contributed by atoms with Crippen LogP contribution in [0.2, 0.25) is 0 Å². The van der Waals surface area contributed by atoms with Crippen molar-refractivity contribution in [3.8, 4) is 17.6 Å². The summed E-state index contributed by atoms with van der Waals surface area (Å²) in [7, 11) is 1.30. The second-order valence-corrected chi connectivity index (χ2v) is 7.09. The van der Waals surface area contributed by atoms with E-state index < -0.39 is 17.8 Å². The van der Waals surface area contributed by atoms with E-state index in [0.717, 1.165) is 11.1 Å². The number of methoxy groups -OCH3 is 1. The van der Waals surface area contributed by atoms with Crippen molar-refractivity contribution in [2.24, 2.45) is 0 Å². The van der Waals surface area contributed by atoms with Gasteiger partial charge in [-0.15, -0.1) is 0 Å². The number of esters is 1. The number of rotatable bonds is 5. The summed E-state index contributed by atoms with van der Waals surface area (Å²) in [6.45, 7) is 6.04. The summed E-state index contributed by atoms with van der Waals surface area (Å²) < 4.78 is 16.4. The molecule has 3 rings (SSSR count). The van der Waals surface area contributed by atoms with Crippen LogP contribution < -0.4 is 9.47 Å². The number of nitrogens with zero attached hydrogens (tertiary/aromatic N) is 1. The number of benzene rings is 2. The van der Waals surface area contributed by atoms with Gasteiger partial charge in [0, 0.05) is 16.0 Å². The fourth-order valence-corrected chi connectivity index (χ4v) is 3.69. The summed E-state index contributed by atoms with van der Waals surface area (Å²) in [5.41, 5.74) is 2.81. The highest BCUT2D eigenvalue weighted by molar-refractivity contribution is 9.10. The van der Waals surface area contributed by atoms with Crippen LogP contribution in [0.5, 0.6) is 11.5 Å². The van der Waals surface area contributed by atoms with E-state index in [1.54, 1.807) is 12.1 Å². The molecule has 0 spiro atoms. The summed E-state index contributed by atoms with van der Waals surface area (Å²) >= 11 is 3.51. The Morgan fingerprint density at radius 2 is 1.89 bits per heavy atom. The maximum atomic E-state index is 12.2. The molecule has 138 valence electrons. The quantitative estimate of drug-likeness (QED) is 0.514. The number of carbonyl (C=O) groups excluding carboxylic acids is 1. The zero-order valence-corrected chi connectivity index (χ0v) is 16.6. The third-order valence-electron chi connectivity index (χ3n) is 4.56. The van der Waals surface area contributed by atoms with Crippen molar-refractivity contribution < 1.29 is 19.0 Å². The van der Waals surface area contributed by atoms with Crippen molar-refractivity contribution >= 4 is 21.9 Å². The van der Waals surface area contributed by atoms with Gasteiger partial charge in [0.1, 0.15) is 0 Å². The Morgan fingerprint density at radius 3 is 2.48 bits per heavy atom. The third kappa shape index (κ3) is 3.69. The van der Waals surface area contributed by atoms with Gasteiger partial charge in [0.25, 0.3) is 0 Å². The summed E-state index contributed by atoms with van der Waals surface area (Å²) in [5.74, 6) is -0.610. The van der Waals surface area contributed by atoms with Crippen LogP contribution in [0.15, 0.2) is 53.0 Å². The molecule has 0 bridgehead atoms. The van der Waals surface area contributed by atoms with Crippen LogP contribution in [0.25, 0.3) is 0 Å². The maximum absolute atomic E-state index is 12.2. The minimum Gasteiger partial charge on any atom is -0.466 e. The van der Waals surface area contributed by atoms with Gasteiger partial charge < -0.3 is 14.2 Å². The van der Waals surface area contributed by atoms with Crippen LogP contribution in [0.1, 0.15) is 28.5 Å². The average Bonchev–Trinajstić information content (AvgIpc) is 3.12. The lowest BCUT2D eigenvalue weighted by atomic mass is 9.77. The second-order valence-electron chi connectivity index (χ2n) is 6.24. The second kappa shape index (κ2) is 7.85. The molecule has 0 saturated heterocycles. The van der Waals surface area contributed by atoms with E-state index >= 15 is 0 Å². The zero-order chi connectivity index (χ0) is 19.6. The van der Waals surface area contributed by atoms with E-state index in [0.29, 0.717) is 21.5 Å². The van der Waals surface area contributed by atoms with Crippen molar-refractivity contribution in [3.63, 3.8) is 0 Å². The molecular formula is C21H18BrNO4. The molecule has 27 heavy (non-hydrogen) atoms. The molecular weight excluding hydrogens is 410 g/mol. The summed E-state index contributed by atoms with van der Waals surface area (Å²) in [4.78, 5) is 12.2. The zero-order valence-electron chi connectivity index (χ0n) is 15.0. The highest BCUT2D eigenvalue weighted by atomic mass is 79.9. The Balaban J connectivity index is 2.12. The minimum absolute atomic E-state index is 0.138. The maximum Gasteiger partial charge on any atom is 0.333 e. The summed E-state index contributed by atoms with van der Waals surface area (Å²) in [6, 6.07) is 13.6. The van der Waals surface area contributed by atoms with Crippen LogP contribution >= 0.6 is 15.9 Å². The molecule has 2 aromatic rings. The number of aryl methyl sites for hydroxylation is 1. The average molecular weight is 428 g/mol. The topological polar surface area (TPSA) is 68.6 Å². The number of fused-ring (bicyclic) bond motifs is 1. The molecule has 2 aromatic carbocycles. The molecule has 0 amide bonds. The monoisotopic (exact) mass is 427 g/mol. The molecule has 2 unspecified atom stereocenters. The van der Waals surface area contributed by atoms with Gasteiger partial charge in [-0.1, -0.05) is 52.3 Å². The van der Waals surface area contributed by atoms with Crippen molar-refractivity contribution in [2.75, 3.05) is 13.9 Å². The van der Waals surface area contributed by atoms with Gasteiger partial charge in [-0.2, -0.15) is 5.26 Å². The van der Waals surface area contributed by atoms with Crippen LogP contribution in [-0.4, -0.2) is 19.9 Å². The van der Waals surface area contributed by atoms with Gasteiger partial charge in [-0.3, -0.25) is 0 Å². The molecule has 0 aromatic heterocycles. The van der Waals surface area contributed by atoms with Gasteiger partial charge >= 0.3 is 5.97 Å². The number of nitriles is 1. The van der Waals surface area contributed by atoms with Crippen LogP contribution in [0.4, 0.5) is 0 Å². The van der Waals surface area contributed by atoms with Crippen molar-refractivity contribution in [1.82, 2.24) is 0 Å². The summed E-state index contributed by atoms with van der Waals surface area (Å²) in [5, 5.41) is 10.0. The molecule has 0 aliphatic carbocycles. The van der Waals surface area contributed by atoms with Crippen LogP contribution in [0, 0.1) is 18.3 Å². The predicted octanol–water partition coefficient (Wildman–Crippen LogP) is 4.61. The first-order valence-corrected chi connectivity index (χ1v) is 9.08. The Bertz CT molecular complexity index is 930. The third-order valence-corrected chi connectivity index (χ3v) is 5.25. The van der Waals surface area contributed by atoms with Crippen molar-refractivity contribution in [3.05, 3.63) is 69.7 Å². The highest BCUT2D eigenvalue weighted by Gasteiger charge is 2.33. The molecule has 0 N–H and O–H groups in total. The van der Waals surface area contributed by atoms with E-state index in [4.69, 9.17) is 14.2 Å².